The predicted octanol–water partition coefficient (Wildman–Crippen LogP) is 3.47. The zero-order valence-electron chi connectivity index (χ0n) is 17.1. The number of ether oxygens (including phenoxy) is 1. The van der Waals surface area contributed by atoms with E-state index in [-0.39, 0.29) is 23.2 Å². The van der Waals surface area contributed by atoms with Crippen molar-refractivity contribution in [2.24, 2.45) is 4.99 Å². The van der Waals surface area contributed by atoms with Crippen LogP contribution in [-0.2, 0) is 21.4 Å². The van der Waals surface area contributed by atoms with Gasteiger partial charge in [-0.25, -0.2) is 12.8 Å². The van der Waals surface area contributed by atoms with Gasteiger partial charge < -0.3 is 10.1 Å². The van der Waals surface area contributed by atoms with Crippen molar-refractivity contribution in [3.05, 3.63) is 89.7 Å². The quantitative estimate of drug-likeness (QED) is 0.597. The zero-order valence-corrected chi connectivity index (χ0v) is 17.9. The van der Waals surface area contributed by atoms with Crippen LogP contribution in [0.25, 0.3) is 0 Å². The highest BCUT2D eigenvalue weighted by atomic mass is 32.2. The summed E-state index contributed by atoms with van der Waals surface area (Å²) in [5.41, 5.74) is 1.75. The normalized spacial score (nSPS) is 16.1. The fourth-order valence-corrected chi connectivity index (χ4v) is 4.43. The Morgan fingerprint density at radius 3 is 2.69 bits per heavy atom. The van der Waals surface area contributed by atoms with Gasteiger partial charge in [-0.15, -0.1) is 0 Å². The van der Waals surface area contributed by atoms with Crippen LogP contribution in [0.2, 0.25) is 0 Å². The molecule has 4 rings (SSSR count). The highest BCUT2D eigenvalue weighted by molar-refractivity contribution is 7.90. The molecule has 1 aliphatic heterocycles. The van der Waals surface area contributed by atoms with Gasteiger partial charge in [0, 0.05) is 17.3 Å². The van der Waals surface area contributed by atoms with Gasteiger partial charge in [-0.05, 0) is 48.9 Å². The third-order valence-electron chi connectivity index (χ3n) is 4.76. The maximum Gasteiger partial charge on any atom is 0.263 e. The van der Waals surface area contributed by atoms with E-state index in [9.17, 15) is 17.6 Å². The lowest BCUT2D eigenvalue weighted by atomic mass is 10.2. The van der Waals surface area contributed by atoms with Crippen LogP contribution < -0.4 is 14.8 Å². The lowest BCUT2D eigenvalue weighted by molar-refractivity contribution is -0.117. The van der Waals surface area contributed by atoms with E-state index < -0.39 is 22.0 Å². The molecule has 0 radical (unpaired) electrons. The molecule has 0 saturated heterocycles. The lowest BCUT2D eigenvalue weighted by Crippen LogP contribution is -2.28. The highest BCUT2D eigenvalue weighted by Gasteiger charge is 2.31. The number of anilines is 1. The standard InChI is InChI=1S/C23H20FN3O4S/c1-15(25-22-20-10-2-3-11-21(20)32(29,30)27-22)23(28)26-18-8-4-6-16(12-18)14-31-19-9-5-7-17(24)13-19/h2-13,15H,14H2,1H3,(H,25,27)(H,26,28)/t15-/m0/s1. The number of nitrogens with one attached hydrogen (secondary N) is 2. The zero-order chi connectivity index (χ0) is 22.7. The van der Waals surface area contributed by atoms with Crippen LogP contribution in [0.4, 0.5) is 10.1 Å². The summed E-state index contributed by atoms with van der Waals surface area (Å²) in [4.78, 5) is 17.0. The number of carbonyl (C=O) groups excluding carboxylic acids is 1. The summed E-state index contributed by atoms with van der Waals surface area (Å²) in [7, 11) is -3.67. The van der Waals surface area contributed by atoms with Gasteiger partial charge in [0.25, 0.3) is 10.0 Å². The Labute approximate surface area is 185 Å². The fourth-order valence-electron chi connectivity index (χ4n) is 3.19. The fraction of sp³-hybridized carbons (Fsp3) is 0.130. The van der Waals surface area contributed by atoms with Crippen molar-refractivity contribution in [1.29, 1.82) is 0 Å². The first-order valence-corrected chi connectivity index (χ1v) is 11.3. The summed E-state index contributed by atoms with van der Waals surface area (Å²) in [6.07, 6.45) is 0. The average Bonchev–Trinajstić information content (AvgIpc) is 3.02. The minimum Gasteiger partial charge on any atom is -0.489 e. The van der Waals surface area contributed by atoms with Crippen molar-refractivity contribution in [1.82, 2.24) is 4.72 Å². The van der Waals surface area contributed by atoms with Crippen molar-refractivity contribution in [3.8, 4) is 5.75 Å². The van der Waals surface area contributed by atoms with E-state index in [0.717, 1.165) is 5.56 Å². The number of nitrogens with zero attached hydrogens (tertiary/aromatic N) is 1. The average molecular weight is 453 g/mol. The van der Waals surface area contributed by atoms with Crippen LogP contribution in [0.3, 0.4) is 0 Å². The van der Waals surface area contributed by atoms with Crippen LogP contribution in [0.1, 0.15) is 18.1 Å². The number of sulfonamides is 1. The molecular formula is C23H20FN3O4S. The maximum atomic E-state index is 13.3. The van der Waals surface area contributed by atoms with Gasteiger partial charge in [0.15, 0.2) is 0 Å². The van der Waals surface area contributed by atoms with Gasteiger partial charge in [0.1, 0.15) is 30.1 Å². The second kappa shape index (κ2) is 8.80. The molecule has 1 aliphatic rings. The van der Waals surface area contributed by atoms with Crippen molar-refractivity contribution in [3.63, 3.8) is 0 Å². The monoisotopic (exact) mass is 453 g/mol. The molecule has 1 heterocycles. The second-order valence-electron chi connectivity index (χ2n) is 7.19. The van der Waals surface area contributed by atoms with E-state index in [1.807, 2.05) is 6.07 Å². The number of aliphatic imine (C=N–C) groups is 1. The van der Waals surface area contributed by atoms with Crippen LogP contribution in [0, 0.1) is 5.82 Å². The van der Waals surface area contributed by atoms with Gasteiger partial charge in [-0.1, -0.05) is 30.3 Å². The molecule has 3 aromatic rings. The molecule has 0 bridgehead atoms. The number of benzene rings is 3. The van der Waals surface area contributed by atoms with Gasteiger partial charge in [0.2, 0.25) is 5.91 Å². The molecule has 0 aliphatic carbocycles. The van der Waals surface area contributed by atoms with Crippen LogP contribution >= 0.6 is 0 Å². The van der Waals surface area contributed by atoms with E-state index in [1.54, 1.807) is 55.5 Å². The number of hydrogen-bond acceptors (Lipinski definition) is 5. The second-order valence-corrected chi connectivity index (χ2v) is 8.84. The van der Waals surface area contributed by atoms with Gasteiger partial charge in [-0.3, -0.25) is 14.5 Å². The Kier molecular flexibility index (Phi) is 5.91. The van der Waals surface area contributed by atoms with E-state index in [0.29, 0.717) is 17.0 Å². The van der Waals surface area contributed by atoms with E-state index in [2.05, 4.69) is 15.0 Å². The van der Waals surface area contributed by atoms with E-state index >= 15 is 0 Å². The van der Waals surface area contributed by atoms with Crippen molar-refractivity contribution < 1.29 is 22.3 Å². The summed E-state index contributed by atoms with van der Waals surface area (Å²) >= 11 is 0. The van der Waals surface area contributed by atoms with Gasteiger partial charge in [0.05, 0.1) is 4.90 Å². The third kappa shape index (κ3) is 4.78. The Balaban J connectivity index is 1.43. The van der Waals surface area contributed by atoms with E-state index in [1.165, 1.54) is 18.2 Å². The molecule has 1 atom stereocenters. The Bertz CT molecular complexity index is 1310. The lowest BCUT2D eigenvalue weighted by Gasteiger charge is -2.11. The molecule has 0 fully saturated rings. The van der Waals surface area contributed by atoms with E-state index in [4.69, 9.17) is 4.74 Å². The number of rotatable bonds is 6. The minimum absolute atomic E-state index is 0.136. The summed E-state index contributed by atoms with van der Waals surface area (Å²) in [6, 6.07) is 18.5. The van der Waals surface area contributed by atoms with Gasteiger partial charge >= 0.3 is 0 Å². The van der Waals surface area contributed by atoms with Crippen molar-refractivity contribution in [2.75, 3.05) is 5.32 Å². The maximum absolute atomic E-state index is 13.3. The Hall–Kier alpha value is -3.72. The Morgan fingerprint density at radius 1 is 1.09 bits per heavy atom. The third-order valence-corrected chi connectivity index (χ3v) is 6.16. The summed E-state index contributed by atoms with van der Waals surface area (Å²) in [5.74, 6) is -0.237. The molecule has 0 unspecified atom stereocenters. The first-order valence-electron chi connectivity index (χ1n) is 9.80. The molecule has 1 amide bonds. The summed E-state index contributed by atoms with van der Waals surface area (Å²) < 4.78 is 45.6. The number of amides is 1. The minimum atomic E-state index is -3.67. The largest absolute Gasteiger partial charge is 0.489 e. The number of fused-ring (bicyclic) bond motifs is 1. The molecule has 2 N–H and O–H groups in total. The number of amidine groups is 1. The molecular weight excluding hydrogens is 433 g/mol. The molecule has 0 spiro atoms. The van der Waals surface area contributed by atoms with Crippen LogP contribution in [-0.4, -0.2) is 26.2 Å². The Morgan fingerprint density at radius 2 is 1.88 bits per heavy atom. The van der Waals surface area contributed by atoms with Crippen molar-refractivity contribution >= 4 is 27.5 Å². The SMILES string of the molecule is C[C@H](N=C1NS(=O)(=O)c2ccccc21)C(=O)Nc1cccc(COc2cccc(F)c2)c1. The summed E-state index contributed by atoms with van der Waals surface area (Å²) in [5, 5.41) is 2.77. The first kappa shape index (κ1) is 21.5. The predicted molar refractivity (Wildman–Crippen MR) is 119 cm³/mol. The number of hydrogen-bond donors (Lipinski definition) is 2. The molecule has 0 saturated carbocycles. The molecule has 9 heteroatoms. The molecule has 0 aromatic heterocycles. The summed E-state index contributed by atoms with van der Waals surface area (Å²) in [6.45, 7) is 1.78. The number of halogens is 1. The van der Waals surface area contributed by atoms with Crippen molar-refractivity contribution in [2.45, 2.75) is 24.5 Å². The smallest absolute Gasteiger partial charge is 0.263 e. The topological polar surface area (TPSA) is 96.9 Å². The van der Waals surface area contributed by atoms with Crippen LogP contribution in [0.5, 0.6) is 5.75 Å². The van der Waals surface area contributed by atoms with Crippen LogP contribution in [0.15, 0.2) is 82.7 Å². The molecule has 7 nitrogen and oxygen atoms in total. The number of carbonyl (C=O) groups is 1. The molecule has 3 aromatic carbocycles. The molecule has 32 heavy (non-hydrogen) atoms. The highest BCUT2D eigenvalue weighted by Crippen LogP contribution is 2.23. The first-order chi connectivity index (χ1) is 15.3. The molecule has 164 valence electrons. The van der Waals surface area contributed by atoms with Gasteiger partial charge in [-0.2, -0.15) is 0 Å².